The minimum atomic E-state index is -0.0336. The zero-order chi connectivity index (χ0) is 8.55. The Morgan fingerprint density at radius 2 is 2.17 bits per heavy atom. The Bertz CT molecular complexity index is 322. The summed E-state index contributed by atoms with van der Waals surface area (Å²) in [6.07, 6.45) is 0. The van der Waals surface area contributed by atoms with Crippen molar-refractivity contribution in [2.75, 3.05) is 6.61 Å². The molecule has 1 amide bonds. The molecule has 1 atom stereocenters. The molecule has 0 aromatic heterocycles. The fourth-order valence-electron chi connectivity index (χ4n) is 1.22. The monoisotopic (exact) mass is 163 g/mol. The maximum Gasteiger partial charge on any atom is 0.328 e. The number of amides is 1. The van der Waals surface area contributed by atoms with Crippen LogP contribution in [-0.2, 0) is 4.79 Å². The number of hydrogen-bond donors (Lipinski definition) is 1. The molecular formula is C9H9NO2. The third-order valence-corrected chi connectivity index (χ3v) is 1.91. The Labute approximate surface area is 70.6 Å². The van der Waals surface area contributed by atoms with Crippen molar-refractivity contribution >= 4 is 11.6 Å². The van der Waals surface area contributed by atoms with E-state index >= 15 is 0 Å². The molecule has 62 valence electrons. The third-order valence-electron chi connectivity index (χ3n) is 1.91. The molecule has 0 saturated heterocycles. The van der Waals surface area contributed by atoms with Gasteiger partial charge in [-0.05, 0) is 6.07 Å². The molecular weight excluding hydrogens is 154 g/mol. The van der Waals surface area contributed by atoms with Crippen molar-refractivity contribution in [3.8, 4) is 5.75 Å². The lowest BCUT2D eigenvalue weighted by molar-refractivity contribution is -0.699. The van der Waals surface area contributed by atoms with E-state index in [1.165, 1.54) is 0 Å². The molecule has 12 heavy (non-hydrogen) atoms. The molecule has 1 aliphatic heterocycles. The topological polar surface area (TPSA) is 30.7 Å². The Hall–Kier alpha value is -1.35. The van der Waals surface area contributed by atoms with Gasteiger partial charge in [0.1, 0.15) is 0 Å². The van der Waals surface area contributed by atoms with E-state index in [9.17, 15) is 4.79 Å². The Morgan fingerprint density at radius 3 is 3.00 bits per heavy atom. The second-order valence-electron chi connectivity index (χ2n) is 2.69. The van der Waals surface area contributed by atoms with Crippen molar-refractivity contribution in [3.05, 3.63) is 31.3 Å². The molecule has 3 heteroatoms. The second-order valence-corrected chi connectivity index (χ2v) is 2.69. The van der Waals surface area contributed by atoms with Crippen LogP contribution in [0.5, 0.6) is 5.75 Å². The minimum absolute atomic E-state index is 0.0336. The van der Waals surface area contributed by atoms with Gasteiger partial charge in [0, 0.05) is 6.07 Å². The highest BCUT2D eigenvalue weighted by atomic mass is 16.5. The highest BCUT2D eigenvalue weighted by molar-refractivity contribution is 5.74. The average molecular weight is 163 g/mol. The first kappa shape index (κ1) is 7.31. The molecule has 0 aliphatic carbocycles. The molecule has 1 heterocycles. The lowest BCUT2D eigenvalue weighted by Crippen LogP contribution is -3.06. The number of ether oxygens (including phenoxy) is 1. The van der Waals surface area contributed by atoms with E-state index in [1.807, 2.05) is 24.3 Å². The molecule has 1 unspecified atom stereocenters. The van der Waals surface area contributed by atoms with Crippen molar-refractivity contribution in [1.29, 1.82) is 0 Å². The fourth-order valence-corrected chi connectivity index (χ4v) is 1.22. The lowest BCUT2D eigenvalue weighted by Gasteiger charge is -2.24. The number of para-hydroxylation sites is 2. The average Bonchev–Trinajstić information content (AvgIpc) is 2.12. The molecule has 3 nitrogen and oxygen atoms in total. The van der Waals surface area contributed by atoms with Crippen molar-refractivity contribution in [3.63, 3.8) is 0 Å². The molecule has 1 aliphatic rings. The molecule has 0 bridgehead atoms. The number of hydrogen-bond acceptors (Lipinski definition) is 2. The minimum Gasteiger partial charge on any atom is -0.473 e. The van der Waals surface area contributed by atoms with Gasteiger partial charge in [-0.2, -0.15) is 0 Å². The van der Waals surface area contributed by atoms with Crippen LogP contribution in [0.3, 0.4) is 0 Å². The van der Waals surface area contributed by atoms with E-state index in [0.29, 0.717) is 4.90 Å². The summed E-state index contributed by atoms with van der Waals surface area (Å²) in [6.45, 7) is 0.121. The smallest absolute Gasteiger partial charge is 0.328 e. The van der Waals surface area contributed by atoms with Crippen molar-refractivity contribution < 1.29 is 14.4 Å². The van der Waals surface area contributed by atoms with Crippen LogP contribution in [0, 0.1) is 7.05 Å². The second kappa shape index (κ2) is 2.60. The highest BCUT2D eigenvalue weighted by Gasteiger charge is 2.22. The van der Waals surface area contributed by atoms with Gasteiger partial charge in [0.15, 0.2) is 11.4 Å². The predicted octanol–water partition coefficient (Wildman–Crippen LogP) is -0.0864. The van der Waals surface area contributed by atoms with Gasteiger partial charge in [-0.15, -0.1) is 7.05 Å². The summed E-state index contributed by atoms with van der Waals surface area (Å²) in [5, 5.41) is 0. The number of fused-ring (bicyclic) bond motifs is 1. The maximum atomic E-state index is 11.1. The van der Waals surface area contributed by atoms with Gasteiger partial charge in [0.25, 0.3) is 0 Å². The van der Waals surface area contributed by atoms with Gasteiger partial charge in [-0.3, -0.25) is 0 Å². The predicted molar refractivity (Wildman–Crippen MR) is 42.9 cm³/mol. The Kier molecular flexibility index (Phi) is 1.59. The van der Waals surface area contributed by atoms with Crippen LogP contribution in [0.2, 0.25) is 0 Å². The summed E-state index contributed by atoms with van der Waals surface area (Å²) in [6, 6.07) is 7.43. The number of carbonyl (C=O) groups is 1. The van der Waals surface area contributed by atoms with Crippen LogP contribution in [-0.4, -0.2) is 12.5 Å². The first-order valence-electron chi connectivity index (χ1n) is 3.73. The largest absolute Gasteiger partial charge is 0.473 e. The van der Waals surface area contributed by atoms with Gasteiger partial charge in [0.05, 0.1) is 0 Å². The molecule has 0 radical (unpaired) electrons. The van der Waals surface area contributed by atoms with E-state index in [-0.39, 0.29) is 12.5 Å². The van der Waals surface area contributed by atoms with Crippen LogP contribution in [0.25, 0.3) is 0 Å². The molecule has 1 aromatic carbocycles. The number of quaternary nitrogens is 1. The standard InChI is InChI=1S/C9H9NO2/c1-10-7-4-2-3-5-8(7)12-6-9(10)11/h2-5,10H,1,6H2. The molecule has 0 fully saturated rings. The van der Waals surface area contributed by atoms with Crippen LogP contribution in [0.1, 0.15) is 0 Å². The highest BCUT2D eigenvalue weighted by Crippen LogP contribution is 2.21. The zero-order valence-corrected chi connectivity index (χ0v) is 6.54. The summed E-state index contributed by atoms with van der Waals surface area (Å²) >= 11 is 0. The molecule has 1 aromatic rings. The van der Waals surface area contributed by atoms with E-state index in [1.54, 1.807) is 0 Å². The van der Waals surface area contributed by atoms with Gasteiger partial charge >= 0.3 is 5.91 Å². The lowest BCUT2D eigenvalue weighted by atomic mass is 10.2. The summed E-state index contributed by atoms with van der Waals surface area (Å²) in [5.74, 6) is 0.718. The normalized spacial score (nSPS) is 21.4. The molecule has 2 rings (SSSR count). The number of carbonyl (C=O) groups excluding carboxylic acids is 1. The Morgan fingerprint density at radius 1 is 1.42 bits per heavy atom. The molecule has 1 N–H and O–H groups in total. The van der Waals surface area contributed by atoms with Crippen molar-refractivity contribution in [1.82, 2.24) is 0 Å². The van der Waals surface area contributed by atoms with Gasteiger partial charge in [0.2, 0.25) is 6.61 Å². The van der Waals surface area contributed by atoms with Gasteiger partial charge in [-0.1, -0.05) is 12.1 Å². The van der Waals surface area contributed by atoms with E-state index in [4.69, 9.17) is 4.74 Å². The third kappa shape index (κ3) is 0.987. The van der Waals surface area contributed by atoms with Gasteiger partial charge in [-0.25, -0.2) is 4.79 Å². The van der Waals surface area contributed by atoms with E-state index < -0.39 is 0 Å². The summed E-state index contributed by atoms with van der Waals surface area (Å²) in [7, 11) is 3.71. The van der Waals surface area contributed by atoms with Crippen LogP contribution in [0.4, 0.5) is 5.69 Å². The van der Waals surface area contributed by atoms with Crippen LogP contribution >= 0.6 is 0 Å². The maximum absolute atomic E-state index is 11.1. The van der Waals surface area contributed by atoms with Crippen LogP contribution in [0.15, 0.2) is 24.3 Å². The summed E-state index contributed by atoms with van der Waals surface area (Å²) < 4.78 is 5.20. The SMILES string of the molecule is [CH2-][NH+]1C(=O)COc2ccccc21. The zero-order valence-electron chi connectivity index (χ0n) is 6.54. The van der Waals surface area contributed by atoms with E-state index in [0.717, 1.165) is 11.4 Å². The Balaban J connectivity index is 2.48. The molecule has 0 saturated carbocycles. The number of rotatable bonds is 0. The summed E-state index contributed by atoms with van der Waals surface area (Å²) in [4.78, 5) is 11.7. The van der Waals surface area contributed by atoms with Crippen LogP contribution < -0.4 is 9.64 Å². The quantitative estimate of drug-likeness (QED) is 0.542. The van der Waals surface area contributed by atoms with Gasteiger partial charge < -0.3 is 9.64 Å². The summed E-state index contributed by atoms with van der Waals surface area (Å²) in [5.41, 5.74) is 0.814. The van der Waals surface area contributed by atoms with Crippen molar-refractivity contribution in [2.24, 2.45) is 0 Å². The number of nitrogens with one attached hydrogen (secondary N) is 1. The van der Waals surface area contributed by atoms with E-state index in [2.05, 4.69) is 7.05 Å². The molecule has 0 spiro atoms. The number of benzene rings is 1. The first-order chi connectivity index (χ1) is 5.79. The van der Waals surface area contributed by atoms with Crippen molar-refractivity contribution in [2.45, 2.75) is 0 Å². The fraction of sp³-hybridized carbons (Fsp3) is 0.111. The first-order valence-corrected chi connectivity index (χ1v) is 3.73.